The van der Waals surface area contributed by atoms with Gasteiger partial charge in [-0.2, -0.15) is 0 Å². The number of aromatic nitrogens is 2. The van der Waals surface area contributed by atoms with Crippen molar-refractivity contribution in [3.05, 3.63) is 53.9 Å². The van der Waals surface area contributed by atoms with Gasteiger partial charge in [0.05, 0.1) is 10.9 Å². The molecule has 5 nitrogen and oxygen atoms in total. The predicted octanol–water partition coefficient (Wildman–Crippen LogP) is 5.27. The number of halogens is 2. The Kier molecular flexibility index (Phi) is 5.64. The molecule has 0 bridgehead atoms. The van der Waals surface area contributed by atoms with Gasteiger partial charge in [-0.1, -0.05) is 32.9 Å². The smallest absolute Gasteiger partial charge is 0.265 e. The van der Waals surface area contributed by atoms with Crippen LogP contribution in [0, 0.1) is 5.41 Å². The molecule has 0 atom stereocenters. The second kappa shape index (κ2) is 7.98. The van der Waals surface area contributed by atoms with Crippen LogP contribution in [-0.4, -0.2) is 23.2 Å². The third-order valence-corrected chi connectivity index (χ3v) is 7.28. The number of rotatable bonds is 7. The molecule has 0 spiro atoms. The Hall–Kier alpha value is -2.32. The Bertz CT molecular complexity index is 1210. The van der Waals surface area contributed by atoms with E-state index >= 15 is 0 Å². The van der Waals surface area contributed by atoms with Gasteiger partial charge >= 0.3 is 0 Å². The molecule has 31 heavy (non-hydrogen) atoms. The van der Waals surface area contributed by atoms with Crippen LogP contribution in [0.25, 0.3) is 22.2 Å². The third-order valence-electron chi connectivity index (χ3n) is 5.38. The number of hydrogen-bond donors (Lipinski definition) is 1. The van der Waals surface area contributed by atoms with Crippen LogP contribution in [0.15, 0.2) is 42.7 Å². The van der Waals surface area contributed by atoms with E-state index < -0.39 is 16.4 Å². The minimum absolute atomic E-state index is 0.0220. The van der Waals surface area contributed by atoms with Crippen molar-refractivity contribution in [2.45, 2.75) is 58.4 Å². The van der Waals surface area contributed by atoms with Gasteiger partial charge in [0.25, 0.3) is 6.43 Å². The van der Waals surface area contributed by atoms with E-state index in [1.54, 1.807) is 6.07 Å². The molecule has 166 valence electrons. The van der Waals surface area contributed by atoms with Gasteiger partial charge in [-0.25, -0.2) is 21.9 Å². The molecule has 2 aromatic heterocycles. The predicted molar refractivity (Wildman–Crippen MR) is 118 cm³/mol. The van der Waals surface area contributed by atoms with Crippen molar-refractivity contribution < 1.29 is 17.2 Å². The molecule has 0 amide bonds. The highest BCUT2D eigenvalue weighted by Crippen LogP contribution is 2.34. The Morgan fingerprint density at radius 1 is 1.23 bits per heavy atom. The number of sulfonamides is 1. The molecular formula is C23H27F2N3O2S. The fourth-order valence-electron chi connectivity index (χ4n) is 3.81. The Morgan fingerprint density at radius 2 is 1.97 bits per heavy atom. The van der Waals surface area contributed by atoms with Gasteiger partial charge in [-0.15, -0.1) is 0 Å². The van der Waals surface area contributed by atoms with Crippen LogP contribution in [0.3, 0.4) is 0 Å². The summed E-state index contributed by atoms with van der Waals surface area (Å²) >= 11 is 0. The van der Waals surface area contributed by atoms with Crippen LogP contribution in [0.4, 0.5) is 8.78 Å². The topological polar surface area (TPSA) is 64.0 Å². The first kappa shape index (κ1) is 21.9. The first-order valence-electron chi connectivity index (χ1n) is 10.4. The average molecular weight is 448 g/mol. The third kappa shape index (κ3) is 4.80. The highest BCUT2D eigenvalue weighted by Gasteiger charge is 2.35. The maximum Gasteiger partial charge on any atom is 0.265 e. The summed E-state index contributed by atoms with van der Waals surface area (Å²) in [4.78, 5) is 4.20. The van der Waals surface area contributed by atoms with Crippen LogP contribution >= 0.6 is 0 Å². The summed E-state index contributed by atoms with van der Waals surface area (Å²) in [6.07, 6.45) is 2.27. The van der Waals surface area contributed by atoms with Crippen LogP contribution < -0.4 is 4.72 Å². The van der Waals surface area contributed by atoms with E-state index in [0.29, 0.717) is 24.9 Å². The largest absolute Gasteiger partial charge is 0.347 e. The normalized spacial score (nSPS) is 15.2. The molecule has 8 heteroatoms. The SMILES string of the molecule is CC(C)(C)Cn1cc(CNS(=O)(=O)C2CC2)c2ccc(-c3ncccc3C(F)F)cc21. The van der Waals surface area contributed by atoms with E-state index in [1.807, 2.05) is 18.3 Å². The summed E-state index contributed by atoms with van der Waals surface area (Å²) in [5, 5.41) is 0.625. The Labute approximate surface area is 181 Å². The summed E-state index contributed by atoms with van der Waals surface area (Å²) in [6, 6.07) is 8.42. The second-order valence-electron chi connectivity index (χ2n) is 9.38. The summed E-state index contributed by atoms with van der Waals surface area (Å²) in [5.41, 5.74) is 2.49. The van der Waals surface area contributed by atoms with E-state index in [4.69, 9.17) is 0 Å². The molecule has 0 aliphatic heterocycles. The van der Waals surface area contributed by atoms with Crippen molar-refractivity contribution in [2.75, 3.05) is 0 Å². The average Bonchev–Trinajstić information content (AvgIpc) is 3.51. The fourth-order valence-corrected chi connectivity index (χ4v) is 5.16. The fraction of sp³-hybridized carbons (Fsp3) is 0.435. The maximum absolute atomic E-state index is 13.5. The van der Waals surface area contributed by atoms with E-state index in [1.165, 1.54) is 18.3 Å². The molecular weight excluding hydrogens is 420 g/mol. The van der Waals surface area contributed by atoms with E-state index in [-0.39, 0.29) is 28.5 Å². The summed E-state index contributed by atoms with van der Waals surface area (Å²) in [7, 11) is -3.30. The standard InChI is InChI=1S/C23H27F2N3O2S/c1-23(2,3)14-28-13-16(12-27-31(29,30)17-7-8-17)18-9-6-15(11-20(18)28)21-19(22(24)25)5-4-10-26-21/h4-6,9-11,13,17,22,27H,7-8,12,14H2,1-3H3. The van der Waals surface area contributed by atoms with Crippen molar-refractivity contribution >= 4 is 20.9 Å². The van der Waals surface area contributed by atoms with Crippen molar-refractivity contribution in [3.8, 4) is 11.3 Å². The zero-order chi connectivity index (χ0) is 22.4. The van der Waals surface area contributed by atoms with Gasteiger partial charge in [0.2, 0.25) is 10.0 Å². The Balaban J connectivity index is 1.77. The molecule has 1 aliphatic carbocycles. The molecule has 2 heterocycles. The van der Waals surface area contributed by atoms with Crippen molar-refractivity contribution in [1.29, 1.82) is 0 Å². The van der Waals surface area contributed by atoms with Gasteiger partial charge in [0, 0.05) is 47.5 Å². The molecule has 1 fully saturated rings. The lowest BCUT2D eigenvalue weighted by atomic mass is 9.97. The molecule has 0 unspecified atom stereocenters. The number of fused-ring (bicyclic) bond motifs is 1. The van der Waals surface area contributed by atoms with Crippen molar-refractivity contribution in [1.82, 2.24) is 14.3 Å². The number of pyridine rings is 1. The Morgan fingerprint density at radius 3 is 2.61 bits per heavy atom. The van der Waals surface area contributed by atoms with E-state index in [0.717, 1.165) is 16.5 Å². The second-order valence-corrected chi connectivity index (χ2v) is 11.4. The number of hydrogen-bond acceptors (Lipinski definition) is 3. The van der Waals surface area contributed by atoms with Crippen molar-refractivity contribution in [2.24, 2.45) is 5.41 Å². The quantitative estimate of drug-likeness (QED) is 0.537. The molecule has 4 rings (SSSR count). The van der Waals surface area contributed by atoms with Crippen LogP contribution in [0.5, 0.6) is 0 Å². The zero-order valence-electron chi connectivity index (χ0n) is 17.9. The van der Waals surface area contributed by atoms with Gasteiger partial charge in [0.15, 0.2) is 0 Å². The summed E-state index contributed by atoms with van der Waals surface area (Å²) < 4.78 is 56.4. The molecule has 3 aromatic rings. The van der Waals surface area contributed by atoms with Gasteiger partial charge in [-0.05, 0) is 42.0 Å². The first-order valence-corrected chi connectivity index (χ1v) is 11.9. The number of nitrogens with one attached hydrogen (secondary N) is 1. The highest BCUT2D eigenvalue weighted by molar-refractivity contribution is 7.90. The number of nitrogens with zero attached hydrogens (tertiary/aromatic N) is 2. The van der Waals surface area contributed by atoms with E-state index in [2.05, 4.69) is 35.0 Å². The lowest BCUT2D eigenvalue weighted by molar-refractivity contribution is 0.151. The van der Waals surface area contributed by atoms with Gasteiger partial charge < -0.3 is 4.57 Å². The summed E-state index contributed by atoms with van der Waals surface area (Å²) in [6.45, 7) is 7.26. The monoisotopic (exact) mass is 447 g/mol. The maximum atomic E-state index is 13.5. The lowest BCUT2D eigenvalue weighted by Gasteiger charge is -2.20. The molecule has 1 saturated carbocycles. The highest BCUT2D eigenvalue weighted by atomic mass is 32.2. The van der Waals surface area contributed by atoms with Crippen molar-refractivity contribution in [3.63, 3.8) is 0 Å². The van der Waals surface area contributed by atoms with E-state index in [9.17, 15) is 17.2 Å². The molecule has 0 radical (unpaired) electrons. The van der Waals surface area contributed by atoms with Crippen LogP contribution in [0.1, 0.15) is 51.2 Å². The molecule has 1 N–H and O–H groups in total. The summed E-state index contributed by atoms with van der Waals surface area (Å²) in [5.74, 6) is 0. The lowest BCUT2D eigenvalue weighted by Crippen LogP contribution is -2.26. The first-order chi connectivity index (χ1) is 14.5. The minimum Gasteiger partial charge on any atom is -0.347 e. The zero-order valence-corrected chi connectivity index (χ0v) is 18.7. The van der Waals surface area contributed by atoms with Gasteiger partial charge in [-0.3, -0.25) is 4.98 Å². The molecule has 1 aromatic carbocycles. The number of benzene rings is 1. The molecule has 0 saturated heterocycles. The molecule has 1 aliphatic rings. The number of alkyl halides is 2. The van der Waals surface area contributed by atoms with Gasteiger partial charge in [0.1, 0.15) is 0 Å². The van der Waals surface area contributed by atoms with Crippen LogP contribution in [-0.2, 0) is 23.1 Å². The minimum atomic E-state index is -3.30. The van der Waals surface area contributed by atoms with Crippen LogP contribution in [0.2, 0.25) is 0 Å².